The molecule has 3 heteroatoms. The van der Waals surface area contributed by atoms with E-state index in [-0.39, 0.29) is 11.5 Å². The number of phenolic OH excluding ortho intramolecular Hbond substituents is 2. The molecular formula is C24H26O2S. The molecule has 0 spiro atoms. The lowest BCUT2D eigenvalue weighted by Crippen LogP contribution is -1.99. The fraction of sp³-hybridized carbons (Fsp3) is 0.250. The van der Waals surface area contributed by atoms with Crippen LogP contribution in [0.25, 0.3) is 0 Å². The normalized spacial score (nSPS) is 12.0. The topological polar surface area (TPSA) is 40.5 Å². The highest BCUT2D eigenvalue weighted by molar-refractivity contribution is 7.99. The first-order chi connectivity index (χ1) is 13.2. The summed E-state index contributed by atoms with van der Waals surface area (Å²) in [5.74, 6) is 0.971. The van der Waals surface area contributed by atoms with E-state index in [9.17, 15) is 10.2 Å². The predicted molar refractivity (Wildman–Crippen MR) is 114 cm³/mol. The summed E-state index contributed by atoms with van der Waals surface area (Å²) >= 11 is 2.01. The van der Waals surface area contributed by atoms with Crippen LogP contribution in [0.1, 0.15) is 34.8 Å². The van der Waals surface area contributed by atoms with Crippen LogP contribution >= 0.6 is 11.8 Å². The molecule has 2 N–H and O–H groups in total. The monoisotopic (exact) mass is 378 g/mol. The molecule has 0 saturated carbocycles. The number of phenols is 2. The molecule has 0 aromatic heterocycles. The lowest BCUT2D eigenvalue weighted by molar-refractivity contribution is 0.403. The van der Waals surface area contributed by atoms with Crippen LogP contribution in [0, 0.1) is 0 Å². The molecule has 0 amide bonds. The first-order valence-corrected chi connectivity index (χ1v) is 10.5. The Labute approximate surface area is 165 Å². The number of aryl methyl sites for hydroxylation is 2. The molecule has 0 heterocycles. The van der Waals surface area contributed by atoms with Gasteiger partial charge < -0.3 is 10.2 Å². The quantitative estimate of drug-likeness (QED) is 0.347. The molecule has 0 fully saturated rings. The van der Waals surface area contributed by atoms with Crippen molar-refractivity contribution in [1.29, 1.82) is 0 Å². The van der Waals surface area contributed by atoms with Gasteiger partial charge in [0.1, 0.15) is 0 Å². The summed E-state index contributed by atoms with van der Waals surface area (Å²) in [6.07, 6.45) is 4.16. The molecule has 3 rings (SSSR count). The van der Waals surface area contributed by atoms with Gasteiger partial charge in [-0.3, -0.25) is 0 Å². The van der Waals surface area contributed by atoms with E-state index in [0.29, 0.717) is 5.25 Å². The van der Waals surface area contributed by atoms with Crippen LogP contribution < -0.4 is 0 Å². The van der Waals surface area contributed by atoms with E-state index in [0.717, 1.165) is 37.0 Å². The molecule has 0 bridgehead atoms. The van der Waals surface area contributed by atoms with Crippen molar-refractivity contribution in [3.8, 4) is 11.5 Å². The van der Waals surface area contributed by atoms with Crippen LogP contribution in [0.4, 0.5) is 0 Å². The van der Waals surface area contributed by atoms with Gasteiger partial charge >= 0.3 is 0 Å². The molecule has 0 aliphatic rings. The van der Waals surface area contributed by atoms with Gasteiger partial charge in [-0.25, -0.2) is 0 Å². The highest BCUT2D eigenvalue weighted by atomic mass is 32.2. The molecule has 140 valence electrons. The first-order valence-electron chi connectivity index (χ1n) is 9.44. The van der Waals surface area contributed by atoms with E-state index >= 15 is 0 Å². The maximum atomic E-state index is 9.62. The third-order valence-electron chi connectivity index (χ3n) is 4.68. The largest absolute Gasteiger partial charge is 0.504 e. The van der Waals surface area contributed by atoms with E-state index in [1.165, 1.54) is 11.1 Å². The third kappa shape index (κ3) is 6.07. The zero-order valence-electron chi connectivity index (χ0n) is 15.4. The number of benzene rings is 3. The van der Waals surface area contributed by atoms with Crippen molar-refractivity contribution < 1.29 is 10.2 Å². The maximum absolute atomic E-state index is 9.62. The molecule has 0 radical (unpaired) electrons. The van der Waals surface area contributed by atoms with Crippen molar-refractivity contribution in [2.24, 2.45) is 0 Å². The predicted octanol–water partition coefficient (Wildman–Crippen LogP) is 6.14. The zero-order valence-corrected chi connectivity index (χ0v) is 16.2. The maximum Gasteiger partial charge on any atom is 0.157 e. The standard InChI is InChI=1S/C24H26O2S/c25-22-15-13-20(18-23(22)26)10-7-17-27-24(21-11-5-2-6-12-21)16-14-19-8-3-1-4-9-19/h1-6,8-9,11-13,15,18,24-26H,7,10,14,16-17H2. The SMILES string of the molecule is Oc1ccc(CCCSC(CCc2ccccc2)c2ccccc2)cc1O. The minimum atomic E-state index is -0.0572. The molecule has 2 nitrogen and oxygen atoms in total. The van der Waals surface area contributed by atoms with Crippen molar-refractivity contribution in [2.45, 2.75) is 30.9 Å². The van der Waals surface area contributed by atoms with Crippen LogP contribution in [0.3, 0.4) is 0 Å². The molecule has 3 aromatic rings. The van der Waals surface area contributed by atoms with Gasteiger partial charge in [0.05, 0.1) is 0 Å². The number of rotatable bonds is 9. The molecule has 0 aliphatic heterocycles. The summed E-state index contributed by atoms with van der Waals surface area (Å²) in [7, 11) is 0. The van der Waals surface area contributed by atoms with E-state index in [2.05, 4.69) is 60.7 Å². The smallest absolute Gasteiger partial charge is 0.157 e. The van der Waals surface area contributed by atoms with Crippen LogP contribution in [-0.2, 0) is 12.8 Å². The molecular weight excluding hydrogens is 352 g/mol. The van der Waals surface area contributed by atoms with E-state index in [1.807, 2.05) is 17.8 Å². The second-order valence-electron chi connectivity index (χ2n) is 6.72. The van der Waals surface area contributed by atoms with Crippen molar-refractivity contribution in [3.05, 3.63) is 95.6 Å². The minimum Gasteiger partial charge on any atom is -0.504 e. The number of aromatic hydroxyl groups is 2. The van der Waals surface area contributed by atoms with Crippen LogP contribution in [0.2, 0.25) is 0 Å². The molecule has 0 aliphatic carbocycles. The molecule has 1 unspecified atom stereocenters. The Morgan fingerprint density at radius 3 is 2.11 bits per heavy atom. The summed E-state index contributed by atoms with van der Waals surface area (Å²) in [6.45, 7) is 0. The summed E-state index contributed by atoms with van der Waals surface area (Å²) in [6, 6.07) is 26.5. The Hall–Kier alpha value is -2.39. The van der Waals surface area contributed by atoms with Crippen LogP contribution in [-0.4, -0.2) is 16.0 Å². The van der Waals surface area contributed by atoms with Gasteiger partial charge in [0.2, 0.25) is 0 Å². The highest BCUT2D eigenvalue weighted by Crippen LogP contribution is 2.34. The highest BCUT2D eigenvalue weighted by Gasteiger charge is 2.12. The lowest BCUT2D eigenvalue weighted by atomic mass is 10.0. The molecule has 3 aromatic carbocycles. The Kier molecular flexibility index (Phi) is 7.23. The number of hydrogen-bond donors (Lipinski definition) is 2. The van der Waals surface area contributed by atoms with E-state index < -0.39 is 0 Å². The average Bonchev–Trinajstić information content (AvgIpc) is 2.71. The molecule has 1 atom stereocenters. The second-order valence-corrected chi connectivity index (χ2v) is 8.03. The van der Waals surface area contributed by atoms with Gasteiger partial charge in [-0.1, -0.05) is 66.7 Å². The minimum absolute atomic E-state index is 0.0369. The average molecular weight is 379 g/mol. The van der Waals surface area contributed by atoms with Gasteiger partial charge in [0.25, 0.3) is 0 Å². The summed E-state index contributed by atoms with van der Waals surface area (Å²) < 4.78 is 0. The molecule has 0 saturated heterocycles. The molecule has 27 heavy (non-hydrogen) atoms. The van der Waals surface area contributed by atoms with Gasteiger partial charge in [-0.15, -0.1) is 0 Å². The van der Waals surface area contributed by atoms with Crippen LogP contribution in [0.5, 0.6) is 11.5 Å². The van der Waals surface area contributed by atoms with Crippen molar-refractivity contribution in [3.63, 3.8) is 0 Å². The van der Waals surface area contributed by atoms with E-state index in [4.69, 9.17) is 0 Å². The lowest BCUT2D eigenvalue weighted by Gasteiger charge is -2.17. The van der Waals surface area contributed by atoms with Gasteiger partial charge in [0, 0.05) is 5.25 Å². The van der Waals surface area contributed by atoms with Crippen molar-refractivity contribution in [2.75, 3.05) is 5.75 Å². The summed E-state index contributed by atoms with van der Waals surface area (Å²) in [5, 5.41) is 19.5. The van der Waals surface area contributed by atoms with Crippen molar-refractivity contribution >= 4 is 11.8 Å². The fourth-order valence-electron chi connectivity index (χ4n) is 3.18. The summed E-state index contributed by atoms with van der Waals surface area (Å²) in [5.41, 5.74) is 3.84. The van der Waals surface area contributed by atoms with Gasteiger partial charge in [0.15, 0.2) is 11.5 Å². The Morgan fingerprint density at radius 1 is 0.704 bits per heavy atom. The zero-order chi connectivity index (χ0) is 18.9. The Bertz CT molecular complexity index is 818. The van der Waals surface area contributed by atoms with Gasteiger partial charge in [-0.2, -0.15) is 11.8 Å². The van der Waals surface area contributed by atoms with Crippen LogP contribution in [0.15, 0.2) is 78.9 Å². The second kappa shape index (κ2) is 10.1. The van der Waals surface area contributed by atoms with Crippen molar-refractivity contribution in [1.82, 2.24) is 0 Å². The van der Waals surface area contributed by atoms with Gasteiger partial charge in [-0.05, 0) is 60.3 Å². The Morgan fingerprint density at radius 2 is 1.41 bits per heavy atom. The summed E-state index contributed by atoms with van der Waals surface area (Å²) in [4.78, 5) is 0. The first kappa shape index (κ1) is 19.4. The number of thioether (sulfide) groups is 1. The number of hydrogen-bond acceptors (Lipinski definition) is 3. The third-order valence-corrected chi connectivity index (χ3v) is 6.11. The Balaban J connectivity index is 1.54. The fourth-order valence-corrected chi connectivity index (χ4v) is 4.41. The van der Waals surface area contributed by atoms with E-state index in [1.54, 1.807) is 12.1 Å².